The van der Waals surface area contributed by atoms with Crippen LogP contribution in [0.4, 0.5) is 0 Å². The van der Waals surface area contributed by atoms with Crippen molar-refractivity contribution in [3.8, 4) is 0 Å². The van der Waals surface area contributed by atoms with E-state index in [1.54, 1.807) is 12.1 Å². The maximum Gasteiger partial charge on any atom is 0.294 e. The molecule has 0 saturated heterocycles. The largest absolute Gasteiger partial charge is 0.294 e. The summed E-state index contributed by atoms with van der Waals surface area (Å²) < 4.78 is 33.1. The van der Waals surface area contributed by atoms with Gasteiger partial charge in [-0.3, -0.25) is 4.55 Å². The van der Waals surface area contributed by atoms with E-state index in [4.69, 9.17) is 0 Å². The van der Waals surface area contributed by atoms with Gasteiger partial charge in [-0.05, 0) is 42.9 Å². The molecule has 0 unspecified atom stereocenters. The van der Waals surface area contributed by atoms with E-state index in [1.165, 1.54) is 57.8 Å². The van der Waals surface area contributed by atoms with Crippen molar-refractivity contribution in [1.82, 2.24) is 0 Å². The highest BCUT2D eigenvalue weighted by Crippen LogP contribution is 2.24. The Bertz CT molecular complexity index is 593. The summed E-state index contributed by atoms with van der Waals surface area (Å²) in [4.78, 5) is 0.119. The molecule has 0 aromatic heterocycles. The fraction of sp³-hybridized carbons (Fsp3) is 0.727. The average Bonchev–Trinajstić information content (AvgIpc) is 2.60. The van der Waals surface area contributed by atoms with Crippen molar-refractivity contribution in [2.75, 3.05) is 0 Å². The van der Waals surface area contributed by atoms with Gasteiger partial charge < -0.3 is 0 Å². The molecule has 26 heavy (non-hydrogen) atoms. The van der Waals surface area contributed by atoms with E-state index in [9.17, 15) is 13.0 Å². The minimum atomic E-state index is -4.15. The zero-order chi connectivity index (χ0) is 19.3. The smallest absolute Gasteiger partial charge is 0.282 e. The van der Waals surface area contributed by atoms with Gasteiger partial charge in [0.05, 0.1) is 4.90 Å². The van der Waals surface area contributed by atoms with Crippen molar-refractivity contribution in [1.29, 1.82) is 0 Å². The van der Waals surface area contributed by atoms with Crippen LogP contribution < -0.4 is 0 Å². The van der Waals surface area contributed by atoms with Crippen LogP contribution >= 0.6 is 0 Å². The molecule has 0 saturated carbocycles. The van der Waals surface area contributed by atoms with Gasteiger partial charge in [0.15, 0.2) is 0 Å². The van der Waals surface area contributed by atoms with Crippen molar-refractivity contribution in [3.63, 3.8) is 0 Å². The Labute approximate surface area is 161 Å². The molecule has 0 radical (unpaired) electrons. The average molecular weight is 383 g/mol. The molecular weight excluding hydrogens is 344 g/mol. The minimum Gasteiger partial charge on any atom is -0.282 e. The normalized spacial score (nSPS) is 11.8. The van der Waals surface area contributed by atoms with Crippen LogP contribution in [0.3, 0.4) is 0 Å². The first-order valence-electron chi connectivity index (χ1n) is 10.6. The molecule has 1 aromatic carbocycles. The van der Waals surface area contributed by atoms with Gasteiger partial charge in [0, 0.05) is 0 Å². The molecule has 0 heterocycles. The summed E-state index contributed by atoms with van der Waals surface area (Å²) in [6.45, 7) is 4.42. The third-order valence-corrected chi connectivity index (χ3v) is 6.03. The van der Waals surface area contributed by atoms with Crippen LogP contribution in [0.15, 0.2) is 23.1 Å². The maximum absolute atomic E-state index is 11.8. The zero-order valence-corrected chi connectivity index (χ0v) is 17.6. The molecule has 0 aliphatic carbocycles. The highest BCUT2D eigenvalue weighted by atomic mass is 32.2. The molecule has 0 atom stereocenters. The lowest BCUT2D eigenvalue weighted by Gasteiger charge is -2.13. The lowest BCUT2D eigenvalue weighted by Crippen LogP contribution is -2.07. The number of aryl methyl sites for hydroxylation is 1. The second-order valence-corrected chi connectivity index (χ2v) is 8.79. The number of hydrogen-bond acceptors (Lipinski definition) is 2. The van der Waals surface area contributed by atoms with Crippen molar-refractivity contribution < 1.29 is 13.0 Å². The molecule has 150 valence electrons. The Morgan fingerprint density at radius 2 is 1.23 bits per heavy atom. The van der Waals surface area contributed by atoms with Gasteiger partial charge in [-0.25, -0.2) is 0 Å². The fourth-order valence-corrected chi connectivity index (χ4v) is 4.34. The second kappa shape index (κ2) is 13.3. The topological polar surface area (TPSA) is 54.4 Å². The fourth-order valence-electron chi connectivity index (χ4n) is 3.55. The first-order chi connectivity index (χ1) is 12.5. The molecule has 4 heteroatoms. The van der Waals surface area contributed by atoms with E-state index < -0.39 is 10.1 Å². The molecule has 1 N–H and O–H groups in total. The first-order valence-corrected chi connectivity index (χ1v) is 12.0. The van der Waals surface area contributed by atoms with E-state index in [1.807, 2.05) is 6.07 Å². The first kappa shape index (κ1) is 23.2. The summed E-state index contributed by atoms with van der Waals surface area (Å²) in [5, 5.41) is 0. The summed E-state index contributed by atoms with van der Waals surface area (Å²) >= 11 is 0. The number of rotatable bonds is 15. The van der Waals surface area contributed by atoms with Gasteiger partial charge in [-0.15, -0.1) is 0 Å². The lowest BCUT2D eigenvalue weighted by atomic mass is 9.96. The van der Waals surface area contributed by atoms with Crippen molar-refractivity contribution in [2.24, 2.45) is 0 Å². The lowest BCUT2D eigenvalue weighted by molar-refractivity contribution is 0.481. The van der Waals surface area contributed by atoms with E-state index >= 15 is 0 Å². The van der Waals surface area contributed by atoms with Crippen molar-refractivity contribution in [3.05, 3.63) is 29.3 Å². The third-order valence-electron chi connectivity index (χ3n) is 5.09. The number of benzene rings is 1. The Balaban J connectivity index is 2.61. The summed E-state index contributed by atoms with van der Waals surface area (Å²) in [5.74, 6) is 0. The Hall–Kier alpha value is -0.870. The monoisotopic (exact) mass is 382 g/mol. The molecule has 1 aromatic rings. The summed E-state index contributed by atoms with van der Waals surface area (Å²) in [6.07, 6.45) is 16.1. The molecule has 3 nitrogen and oxygen atoms in total. The van der Waals surface area contributed by atoms with Gasteiger partial charge in [-0.2, -0.15) is 8.42 Å². The van der Waals surface area contributed by atoms with Gasteiger partial charge >= 0.3 is 0 Å². The van der Waals surface area contributed by atoms with E-state index in [-0.39, 0.29) is 4.90 Å². The summed E-state index contributed by atoms with van der Waals surface area (Å²) in [7, 11) is -4.15. The predicted molar refractivity (Wildman–Crippen MR) is 110 cm³/mol. The summed E-state index contributed by atoms with van der Waals surface area (Å²) in [5.41, 5.74) is 1.94. The minimum absolute atomic E-state index is 0.119. The molecule has 0 aliphatic heterocycles. The van der Waals surface area contributed by atoms with Crippen LogP contribution in [0, 0.1) is 0 Å². The Kier molecular flexibility index (Phi) is 11.9. The second-order valence-electron chi connectivity index (χ2n) is 7.40. The Morgan fingerprint density at radius 1 is 0.731 bits per heavy atom. The Morgan fingerprint density at radius 3 is 1.81 bits per heavy atom. The zero-order valence-electron chi connectivity index (χ0n) is 16.8. The van der Waals surface area contributed by atoms with Gasteiger partial charge in [0.2, 0.25) is 0 Å². The maximum atomic E-state index is 11.8. The quantitative estimate of drug-likeness (QED) is 0.270. The van der Waals surface area contributed by atoms with E-state index in [2.05, 4.69) is 13.8 Å². The van der Waals surface area contributed by atoms with Gasteiger partial charge in [0.1, 0.15) is 0 Å². The van der Waals surface area contributed by atoms with Crippen LogP contribution in [0.25, 0.3) is 0 Å². The highest BCUT2D eigenvalue weighted by molar-refractivity contribution is 7.85. The predicted octanol–water partition coefficient (Wildman–Crippen LogP) is 6.74. The van der Waals surface area contributed by atoms with Crippen molar-refractivity contribution in [2.45, 2.75) is 109 Å². The standard InChI is InChI=1S/C22H38O3S/c1-3-5-7-9-10-11-12-14-18-21-20(16-13-8-6-4-2)17-15-19-22(21)26(23,24)25/h15,17,19H,3-14,16,18H2,1-2H3,(H,23,24,25). The van der Waals surface area contributed by atoms with E-state index in [0.29, 0.717) is 0 Å². The molecule has 1 rings (SSSR count). The summed E-state index contributed by atoms with van der Waals surface area (Å²) in [6, 6.07) is 5.33. The van der Waals surface area contributed by atoms with Crippen LogP contribution in [-0.4, -0.2) is 13.0 Å². The third kappa shape index (κ3) is 9.18. The van der Waals surface area contributed by atoms with Crippen molar-refractivity contribution >= 4 is 10.1 Å². The molecule has 0 amide bonds. The molecule has 0 spiro atoms. The molecule has 0 aliphatic rings. The van der Waals surface area contributed by atoms with Crippen LogP contribution in [-0.2, 0) is 23.0 Å². The highest BCUT2D eigenvalue weighted by Gasteiger charge is 2.17. The van der Waals surface area contributed by atoms with Crippen LogP contribution in [0.2, 0.25) is 0 Å². The number of unbranched alkanes of at least 4 members (excludes halogenated alkanes) is 10. The van der Waals surface area contributed by atoms with Crippen LogP contribution in [0.1, 0.15) is 102 Å². The molecular formula is C22H38O3S. The number of hydrogen-bond donors (Lipinski definition) is 1. The van der Waals surface area contributed by atoms with Gasteiger partial charge in [-0.1, -0.05) is 90.2 Å². The molecule has 0 bridgehead atoms. The van der Waals surface area contributed by atoms with E-state index in [0.717, 1.165) is 43.2 Å². The van der Waals surface area contributed by atoms with Crippen LogP contribution in [0.5, 0.6) is 0 Å². The SMILES string of the molecule is CCCCCCCCCCc1c(CCCCCC)cccc1S(=O)(=O)O. The molecule has 0 fully saturated rings. The van der Waals surface area contributed by atoms with Gasteiger partial charge in [0.25, 0.3) is 10.1 Å².